The van der Waals surface area contributed by atoms with Crippen LogP contribution in [0, 0.1) is 0 Å². The van der Waals surface area contributed by atoms with Gasteiger partial charge in [-0.1, -0.05) is 5.16 Å². The van der Waals surface area contributed by atoms with Crippen LogP contribution in [0.25, 0.3) is 0 Å². The maximum atomic E-state index is 10.9. The van der Waals surface area contributed by atoms with Gasteiger partial charge in [0.05, 0.1) is 5.54 Å². The van der Waals surface area contributed by atoms with Crippen molar-refractivity contribution in [3.63, 3.8) is 0 Å². The van der Waals surface area contributed by atoms with Crippen LogP contribution in [0.15, 0.2) is 4.52 Å². The van der Waals surface area contributed by atoms with Crippen LogP contribution in [0.2, 0.25) is 0 Å². The summed E-state index contributed by atoms with van der Waals surface area (Å²) in [6.07, 6.45) is 1.10. The van der Waals surface area contributed by atoms with E-state index >= 15 is 0 Å². The van der Waals surface area contributed by atoms with Crippen molar-refractivity contribution in [1.82, 2.24) is 10.1 Å². The highest BCUT2D eigenvalue weighted by Crippen LogP contribution is 2.13. The van der Waals surface area contributed by atoms with Crippen LogP contribution in [-0.2, 0) is 21.1 Å². The van der Waals surface area contributed by atoms with Gasteiger partial charge in [0.25, 0.3) is 0 Å². The van der Waals surface area contributed by atoms with Gasteiger partial charge in [-0.25, -0.2) is 8.42 Å². The Hall–Kier alpha value is -0.950. The number of rotatable bonds is 3. The normalized spacial score (nSPS) is 13.1. The third kappa shape index (κ3) is 3.08. The molecular weight excluding hydrogens is 206 g/mol. The van der Waals surface area contributed by atoms with E-state index in [1.165, 1.54) is 0 Å². The molecule has 2 N–H and O–H groups in total. The first-order chi connectivity index (χ1) is 6.18. The molecule has 0 aliphatic rings. The fraction of sp³-hybridized carbons (Fsp3) is 0.714. The summed E-state index contributed by atoms with van der Waals surface area (Å²) in [7, 11) is -3.15. The zero-order chi connectivity index (χ0) is 11.0. The van der Waals surface area contributed by atoms with E-state index in [9.17, 15) is 8.42 Å². The van der Waals surface area contributed by atoms with Crippen molar-refractivity contribution in [3.8, 4) is 0 Å². The van der Waals surface area contributed by atoms with E-state index in [2.05, 4.69) is 10.1 Å². The topological polar surface area (TPSA) is 99.1 Å². The van der Waals surface area contributed by atoms with E-state index < -0.39 is 15.4 Å². The lowest BCUT2D eigenvalue weighted by molar-refractivity contribution is 0.368. The fourth-order valence-electron chi connectivity index (χ4n) is 0.800. The summed E-state index contributed by atoms with van der Waals surface area (Å²) in [6.45, 7) is 3.42. The average Bonchev–Trinajstić information content (AvgIpc) is 2.29. The summed E-state index contributed by atoms with van der Waals surface area (Å²) in [5, 5.41) is 3.60. The number of hydrogen-bond donors (Lipinski definition) is 1. The Balaban J connectivity index is 2.90. The van der Waals surface area contributed by atoms with E-state index in [0.717, 1.165) is 6.26 Å². The summed E-state index contributed by atoms with van der Waals surface area (Å²) in [5.41, 5.74) is 4.98. The number of nitrogens with zero attached hydrogens (tertiary/aromatic N) is 2. The van der Waals surface area contributed by atoms with E-state index in [-0.39, 0.29) is 11.6 Å². The molecule has 0 atom stereocenters. The predicted molar refractivity (Wildman–Crippen MR) is 50.1 cm³/mol. The first kappa shape index (κ1) is 11.1. The zero-order valence-electron chi connectivity index (χ0n) is 8.31. The van der Waals surface area contributed by atoms with Crippen LogP contribution in [0.4, 0.5) is 0 Å². The molecule has 80 valence electrons. The number of nitrogens with two attached hydrogens (primary N) is 1. The predicted octanol–water partition coefficient (Wildman–Crippen LogP) is -0.192. The lowest BCUT2D eigenvalue weighted by atomic mass is 10.1. The van der Waals surface area contributed by atoms with Gasteiger partial charge in [0, 0.05) is 6.26 Å². The van der Waals surface area contributed by atoms with Gasteiger partial charge in [-0.2, -0.15) is 4.98 Å². The van der Waals surface area contributed by atoms with E-state index in [1.807, 2.05) is 0 Å². The third-order valence-corrected chi connectivity index (χ3v) is 2.20. The molecule has 0 bridgehead atoms. The number of hydrogen-bond acceptors (Lipinski definition) is 6. The van der Waals surface area contributed by atoms with Crippen molar-refractivity contribution < 1.29 is 12.9 Å². The Labute approximate surface area is 82.4 Å². The molecule has 0 fully saturated rings. The van der Waals surface area contributed by atoms with E-state index in [1.54, 1.807) is 13.8 Å². The molecule has 0 amide bonds. The molecule has 0 radical (unpaired) electrons. The Bertz CT molecular complexity index is 416. The van der Waals surface area contributed by atoms with Crippen molar-refractivity contribution in [2.45, 2.75) is 25.1 Å². The van der Waals surface area contributed by atoms with E-state index in [0.29, 0.717) is 5.82 Å². The van der Waals surface area contributed by atoms with Crippen molar-refractivity contribution in [2.24, 2.45) is 5.73 Å². The molecule has 0 aromatic carbocycles. The first-order valence-corrected chi connectivity index (χ1v) is 6.04. The number of aromatic nitrogens is 2. The monoisotopic (exact) mass is 219 g/mol. The second kappa shape index (κ2) is 3.32. The molecule has 1 heterocycles. The maximum absolute atomic E-state index is 10.9. The van der Waals surface area contributed by atoms with Crippen LogP contribution >= 0.6 is 0 Å². The van der Waals surface area contributed by atoms with Crippen LogP contribution in [-0.4, -0.2) is 24.8 Å². The van der Waals surface area contributed by atoms with Crippen molar-refractivity contribution in [2.75, 3.05) is 6.26 Å². The molecule has 7 heteroatoms. The molecule has 0 unspecified atom stereocenters. The fourth-order valence-corrected chi connectivity index (χ4v) is 1.37. The summed E-state index contributed by atoms with van der Waals surface area (Å²) < 4.78 is 26.5. The van der Waals surface area contributed by atoms with Crippen LogP contribution in [0.3, 0.4) is 0 Å². The zero-order valence-corrected chi connectivity index (χ0v) is 9.13. The molecule has 14 heavy (non-hydrogen) atoms. The molecule has 1 rings (SSSR count). The molecule has 1 aromatic heterocycles. The largest absolute Gasteiger partial charge is 0.338 e. The van der Waals surface area contributed by atoms with Gasteiger partial charge in [-0.15, -0.1) is 0 Å². The van der Waals surface area contributed by atoms with Gasteiger partial charge in [-0.3, -0.25) is 0 Å². The Morgan fingerprint density at radius 3 is 2.43 bits per heavy atom. The Morgan fingerprint density at radius 2 is 2.07 bits per heavy atom. The molecule has 0 aliphatic carbocycles. The summed E-state index contributed by atoms with van der Waals surface area (Å²) in [5.74, 6) is 0.118. The highest BCUT2D eigenvalue weighted by atomic mass is 32.2. The van der Waals surface area contributed by atoms with Gasteiger partial charge in [0.15, 0.2) is 15.7 Å². The van der Waals surface area contributed by atoms with Gasteiger partial charge < -0.3 is 10.3 Å². The quantitative estimate of drug-likeness (QED) is 0.756. The van der Waals surface area contributed by atoms with Crippen molar-refractivity contribution in [1.29, 1.82) is 0 Å². The number of sulfone groups is 1. The molecule has 0 saturated heterocycles. The van der Waals surface area contributed by atoms with Crippen molar-refractivity contribution >= 4 is 9.84 Å². The highest BCUT2D eigenvalue weighted by molar-refractivity contribution is 7.89. The van der Waals surface area contributed by atoms with E-state index in [4.69, 9.17) is 10.3 Å². The molecule has 0 saturated carbocycles. The highest BCUT2D eigenvalue weighted by Gasteiger charge is 2.22. The summed E-state index contributed by atoms with van der Waals surface area (Å²) in [4.78, 5) is 3.88. The first-order valence-electron chi connectivity index (χ1n) is 3.98. The van der Waals surface area contributed by atoms with Crippen LogP contribution in [0.1, 0.15) is 25.6 Å². The molecule has 1 aromatic rings. The van der Waals surface area contributed by atoms with Gasteiger partial charge in [0.2, 0.25) is 5.89 Å². The third-order valence-electron chi connectivity index (χ3n) is 1.43. The van der Waals surface area contributed by atoms with Gasteiger partial charge >= 0.3 is 0 Å². The second-order valence-electron chi connectivity index (χ2n) is 3.80. The molecular formula is C7H13N3O3S. The Kier molecular flexibility index (Phi) is 2.64. The van der Waals surface area contributed by atoms with Crippen LogP contribution < -0.4 is 5.73 Å². The maximum Gasteiger partial charge on any atom is 0.241 e. The Morgan fingerprint density at radius 1 is 1.50 bits per heavy atom. The summed E-state index contributed by atoms with van der Waals surface area (Å²) in [6, 6.07) is 0. The minimum atomic E-state index is -3.15. The minimum Gasteiger partial charge on any atom is -0.338 e. The van der Waals surface area contributed by atoms with Gasteiger partial charge in [0.1, 0.15) is 5.75 Å². The molecule has 6 nitrogen and oxygen atoms in total. The smallest absolute Gasteiger partial charge is 0.241 e. The SMILES string of the molecule is CC(C)(N)c1noc(CS(C)(=O)=O)n1. The minimum absolute atomic E-state index is 0.0704. The molecule has 0 aliphatic heterocycles. The standard InChI is InChI=1S/C7H13N3O3S/c1-7(2,8)6-9-5(13-10-6)4-14(3,11)12/h4,8H2,1-3H3. The molecule has 0 spiro atoms. The average molecular weight is 219 g/mol. The van der Waals surface area contributed by atoms with Gasteiger partial charge in [-0.05, 0) is 13.8 Å². The lowest BCUT2D eigenvalue weighted by Gasteiger charge is -2.11. The summed E-state index contributed by atoms with van der Waals surface area (Å²) >= 11 is 0. The van der Waals surface area contributed by atoms with Crippen molar-refractivity contribution in [3.05, 3.63) is 11.7 Å². The lowest BCUT2D eigenvalue weighted by Crippen LogP contribution is -2.30. The second-order valence-corrected chi connectivity index (χ2v) is 5.94. The van der Waals surface area contributed by atoms with Crippen LogP contribution in [0.5, 0.6) is 0 Å².